The zero-order valence-electron chi connectivity index (χ0n) is 15.5. The van der Waals surface area contributed by atoms with E-state index in [0.29, 0.717) is 24.3 Å². The SMILES string of the molecule is CN(C)Cc1ccc(OCCCc2ccc3c(c2N)C(N)=NS3(=O)=O)cc1. The highest BCUT2D eigenvalue weighted by Gasteiger charge is 2.30. The van der Waals surface area contributed by atoms with Gasteiger partial charge in [-0.05, 0) is 56.3 Å². The van der Waals surface area contributed by atoms with Crippen molar-refractivity contribution < 1.29 is 13.2 Å². The molecule has 1 aliphatic rings. The van der Waals surface area contributed by atoms with Crippen LogP contribution in [0.2, 0.25) is 0 Å². The summed E-state index contributed by atoms with van der Waals surface area (Å²) in [5.74, 6) is 0.778. The minimum absolute atomic E-state index is 0.0431. The van der Waals surface area contributed by atoms with Crippen LogP contribution in [0.5, 0.6) is 5.75 Å². The molecule has 144 valence electrons. The summed E-state index contributed by atoms with van der Waals surface area (Å²) in [4.78, 5) is 2.19. The number of rotatable bonds is 7. The maximum atomic E-state index is 11.9. The van der Waals surface area contributed by atoms with Crippen LogP contribution in [-0.2, 0) is 23.0 Å². The highest BCUT2D eigenvalue weighted by molar-refractivity contribution is 7.90. The van der Waals surface area contributed by atoms with Crippen molar-refractivity contribution in [1.82, 2.24) is 4.90 Å². The number of benzene rings is 2. The molecule has 7 nitrogen and oxygen atoms in total. The number of aryl methyl sites for hydroxylation is 1. The Hall–Kier alpha value is -2.58. The Labute approximate surface area is 159 Å². The van der Waals surface area contributed by atoms with Crippen LogP contribution in [0.1, 0.15) is 23.1 Å². The molecule has 0 saturated carbocycles. The zero-order valence-corrected chi connectivity index (χ0v) is 16.3. The van der Waals surface area contributed by atoms with Crippen molar-refractivity contribution in [3.63, 3.8) is 0 Å². The predicted octanol–water partition coefficient (Wildman–Crippen LogP) is 1.75. The summed E-state index contributed by atoms with van der Waals surface area (Å²) in [6.45, 7) is 1.42. The molecule has 1 aliphatic heterocycles. The van der Waals surface area contributed by atoms with Crippen LogP contribution in [0, 0.1) is 0 Å². The van der Waals surface area contributed by atoms with Crippen molar-refractivity contribution in [3.05, 3.63) is 53.1 Å². The Morgan fingerprint density at radius 2 is 1.78 bits per heavy atom. The summed E-state index contributed by atoms with van der Waals surface area (Å²) in [6, 6.07) is 11.3. The summed E-state index contributed by atoms with van der Waals surface area (Å²) in [5.41, 5.74) is 14.6. The van der Waals surface area contributed by atoms with Crippen LogP contribution in [0.3, 0.4) is 0 Å². The van der Waals surface area contributed by atoms with E-state index in [2.05, 4.69) is 21.4 Å². The molecule has 8 heteroatoms. The second-order valence-corrected chi connectivity index (χ2v) is 8.37. The monoisotopic (exact) mass is 388 g/mol. The molecule has 2 aromatic carbocycles. The summed E-state index contributed by atoms with van der Waals surface area (Å²) < 4.78 is 33.0. The lowest BCUT2D eigenvalue weighted by Crippen LogP contribution is -2.14. The fraction of sp³-hybridized carbons (Fsp3) is 0.316. The number of amidine groups is 1. The average molecular weight is 388 g/mol. The minimum Gasteiger partial charge on any atom is -0.494 e. The molecule has 27 heavy (non-hydrogen) atoms. The molecule has 0 bridgehead atoms. The lowest BCUT2D eigenvalue weighted by molar-refractivity contribution is 0.311. The van der Waals surface area contributed by atoms with Gasteiger partial charge in [-0.3, -0.25) is 0 Å². The van der Waals surface area contributed by atoms with E-state index >= 15 is 0 Å². The first-order chi connectivity index (χ1) is 12.8. The summed E-state index contributed by atoms with van der Waals surface area (Å²) >= 11 is 0. The number of fused-ring (bicyclic) bond motifs is 1. The Bertz CT molecular complexity index is 967. The molecule has 0 aliphatic carbocycles. The molecule has 1 heterocycles. The maximum Gasteiger partial charge on any atom is 0.285 e. The van der Waals surface area contributed by atoms with Crippen LogP contribution < -0.4 is 16.2 Å². The summed E-state index contributed by atoms with van der Waals surface area (Å²) in [6.07, 6.45) is 1.40. The first kappa shape index (κ1) is 19.2. The number of ether oxygens (including phenoxy) is 1. The van der Waals surface area contributed by atoms with Crippen LogP contribution in [-0.4, -0.2) is 39.9 Å². The molecular formula is C19H24N4O3S. The maximum absolute atomic E-state index is 11.9. The van der Waals surface area contributed by atoms with Crippen molar-refractivity contribution in [3.8, 4) is 5.75 Å². The number of nitrogens with two attached hydrogens (primary N) is 2. The van der Waals surface area contributed by atoms with E-state index in [1.807, 2.05) is 26.2 Å². The van der Waals surface area contributed by atoms with E-state index in [9.17, 15) is 8.42 Å². The van der Waals surface area contributed by atoms with E-state index in [-0.39, 0.29) is 10.7 Å². The molecule has 0 amide bonds. The molecule has 0 radical (unpaired) electrons. The third kappa shape index (κ3) is 4.23. The van der Waals surface area contributed by atoms with E-state index in [1.54, 1.807) is 6.07 Å². The molecular weight excluding hydrogens is 364 g/mol. The Morgan fingerprint density at radius 1 is 1.07 bits per heavy atom. The van der Waals surface area contributed by atoms with E-state index < -0.39 is 10.0 Å². The van der Waals surface area contributed by atoms with Crippen LogP contribution in [0.15, 0.2) is 45.7 Å². The Morgan fingerprint density at radius 3 is 2.44 bits per heavy atom. The summed E-state index contributed by atoms with van der Waals surface area (Å²) in [7, 11) is 0.352. The van der Waals surface area contributed by atoms with E-state index in [4.69, 9.17) is 16.2 Å². The van der Waals surface area contributed by atoms with Crippen LogP contribution in [0.25, 0.3) is 0 Å². The van der Waals surface area contributed by atoms with Crippen molar-refractivity contribution in [1.29, 1.82) is 0 Å². The molecule has 0 saturated heterocycles. The van der Waals surface area contributed by atoms with Gasteiger partial charge in [0.25, 0.3) is 10.0 Å². The Balaban J connectivity index is 1.57. The third-order valence-corrected chi connectivity index (χ3v) is 5.66. The molecule has 0 atom stereocenters. The molecule has 2 aromatic rings. The molecule has 3 rings (SSSR count). The van der Waals surface area contributed by atoms with Gasteiger partial charge in [0, 0.05) is 12.2 Å². The minimum atomic E-state index is -3.71. The van der Waals surface area contributed by atoms with Gasteiger partial charge in [0.05, 0.1) is 12.2 Å². The van der Waals surface area contributed by atoms with Crippen molar-refractivity contribution >= 4 is 21.5 Å². The number of anilines is 1. The van der Waals surface area contributed by atoms with Gasteiger partial charge in [0.2, 0.25) is 0 Å². The van der Waals surface area contributed by atoms with Crippen molar-refractivity contribution in [2.24, 2.45) is 10.1 Å². The zero-order chi connectivity index (χ0) is 19.6. The van der Waals surface area contributed by atoms with Gasteiger partial charge in [-0.2, -0.15) is 8.42 Å². The predicted molar refractivity (Wildman–Crippen MR) is 106 cm³/mol. The Kier molecular flexibility index (Phi) is 5.38. The number of sulfonamides is 1. The smallest absolute Gasteiger partial charge is 0.285 e. The number of hydrogen-bond donors (Lipinski definition) is 2. The van der Waals surface area contributed by atoms with Crippen molar-refractivity contribution in [2.75, 3.05) is 26.4 Å². The van der Waals surface area contributed by atoms with Gasteiger partial charge in [-0.25, -0.2) is 0 Å². The van der Waals surface area contributed by atoms with Gasteiger partial charge in [-0.15, -0.1) is 4.40 Å². The quantitative estimate of drug-likeness (QED) is 0.552. The van der Waals surface area contributed by atoms with Crippen LogP contribution >= 0.6 is 0 Å². The highest BCUT2D eigenvalue weighted by Crippen LogP contribution is 2.32. The fourth-order valence-electron chi connectivity index (χ4n) is 3.07. The van der Waals surface area contributed by atoms with Gasteiger partial charge in [-0.1, -0.05) is 18.2 Å². The normalized spacial score (nSPS) is 14.9. The van der Waals surface area contributed by atoms with E-state index in [0.717, 1.165) is 24.3 Å². The third-order valence-electron chi connectivity index (χ3n) is 4.33. The van der Waals surface area contributed by atoms with Gasteiger partial charge in [0.1, 0.15) is 16.5 Å². The molecule has 0 unspecified atom stereocenters. The molecule has 0 fully saturated rings. The summed E-state index contributed by atoms with van der Waals surface area (Å²) in [5, 5.41) is 0. The second kappa shape index (κ2) is 7.58. The van der Waals surface area contributed by atoms with Crippen LogP contribution in [0.4, 0.5) is 5.69 Å². The second-order valence-electron chi connectivity index (χ2n) is 6.80. The molecule has 0 spiro atoms. The van der Waals surface area contributed by atoms with Crippen molar-refractivity contribution in [2.45, 2.75) is 24.3 Å². The highest BCUT2D eigenvalue weighted by atomic mass is 32.2. The number of nitrogens with zero attached hydrogens (tertiary/aromatic N) is 2. The number of nitrogen functional groups attached to an aromatic ring is 1. The lowest BCUT2D eigenvalue weighted by atomic mass is 10.0. The first-order valence-corrected chi connectivity index (χ1v) is 10.1. The standard InChI is InChI=1S/C19H24N4O3S/c1-23(2)12-13-5-8-15(9-6-13)26-11-3-4-14-7-10-16-17(18(14)20)19(21)22-27(16,24)25/h5-10H,3-4,11-12,20H2,1-2H3,(H2,21,22). The first-order valence-electron chi connectivity index (χ1n) is 8.66. The number of hydrogen-bond acceptors (Lipinski definition) is 6. The lowest BCUT2D eigenvalue weighted by Gasteiger charge is -2.12. The average Bonchev–Trinajstić information content (AvgIpc) is 2.83. The largest absolute Gasteiger partial charge is 0.494 e. The molecule has 4 N–H and O–H groups in total. The van der Waals surface area contributed by atoms with Gasteiger partial charge in [0.15, 0.2) is 0 Å². The topological polar surface area (TPSA) is 111 Å². The van der Waals surface area contributed by atoms with Gasteiger partial charge < -0.3 is 21.1 Å². The molecule has 0 aromatic heterocycles. The van der Waals surface area contributed by atoms with E-state index in [1.165, 1.54) is 11.6 Å². The van der Waals surface area contributed by atoms with Gasteiger partial charge >= 0.3 is 0 Å². The fourth-order valence-corrected chi connectivity index (χ4v) is 4.23.